The number of aromatic nitrogens is 1. The minimum absolute atomic E-state index is 0.0717. The molecular formula is C22H28N2O3. The molecule has 0 unspecified atom stereocenters. The highest BCUT2D eigenvalue weighted by Gasteiger charge is 2.42. The van der Waals surface area contributed by atoms with Crippen LogP contribution in [0.5, 0.6) is 0 Å². The van der Waals surface area contributed by atoms with Crippen LogP contribution in [0.15, 0.2) is 30.3 Å². The molecule has 2 aliphatic rings. The molecule has 2 aromatic rings. The Bertz CT molecular complexity index is 850. The Hall–Kier alpha value is -1.98. The first-order chi connectivity index (χ1) is 12.9. The van der Waals surface area contributed by atoms with E-state index in [1.165, 1.54) is 0 Å². The molecule has 5 heteroatoms. The van der Waals surface area contributed by atoms with Crippen LogP contribution in [0.3, 0.4) is 0 Å². The molecule has 27 heavy (non-hydrogen) atoms. The third-order valence-corrected chi connectivity index (χ3v) is 6.16. The Kier molecular flexibility index (Phi) is 4.68. The summed E-state index contributed by atoms with van der Waals surface area (Å²) in [4.78, 5) is 19.3. The molecule has 0 spiro atoms. The van der Waals surface area contributed by atoms with Crippen LogP contribution in [0.4, 0.5) is 0 Å². The summed E-state index contributed by atoms with van der Waals surface area (Å²) in [5, 5.41) is 12.3. The van der Waals surface area contributed by atoms with Gasteiger partial charge in [-0.2, -0.15) is 0 Å². The zero-order valence-electron chi connectivity index (χ0n) is 16.2. The van der Waals surface area contributed by atoms with Crippen molar-refractivity contribution in [3.63, 3.8) is 0 Å². The molecule has 1 N–H and O–H groups in total. The predicted molar refractivity (Wildman–Crippen MR) is 104 cm³/mol. The van der Waals surface area contributed by atoms with Crippen LogP contribution < -0.4 is 0 Å². The van der Waals surface area contributed by atoms with E-state index in [1.54, 1.807) is 0 Å². The smallest absolute Gasteiger partial charge is 0.254 e. The standard InChI is InChI=1S/C22H28N2O3/c1-16-5-6-17-15-18(7-8-19(17)23-16)22(26)10-12-24(13-11-22)20(25)21(2)9-3-4-14-27-21/h5-8,15,26H,3-4,9-14H2,1-2H3/t21-/m0/s1. The van der Waals surface area contributed by atoms with Crippen molar-refractivity contribution in [3.8, 4) is 0 Å². The highest BCUT2D eigenvalue weighted by atomic mass is 16.5. The number of nitrogens with zero attached hydrogens (tertiary/aromatic N) is 2. The number of carbonyl (C=O) groups excluding carboxylic acids is 1. The number of aryl methyl sites for hydroxylation is 1. The van der Waals surface area contributed by atoms with E-state index in [2.05, 4.69) is 4.98 Å². The zero-order chi connectivity index (χ0) is 19.1. The van der Waals surface area contributed by atoms with E-state index in [-0.39, 0.29) is 5.91 Å². The van der Waals surface area contributed by atoms with Gasteiger partial charge in [0.15, 0.2) is 0 Å². The lowest BCUT2D eigenvalue weighted by Gasteiger charge is -2.43. The van der Waals surface area contributed by atoms with Gasteiger partial charge in [-0.15, -0.1) is 0 Å². The number of ether oxygens (including phenoxy) is 1. The average molecular weight is 368 g/mol. The molecule has 4 rings (SSSR count). The average Bonchev–Trinajstić information content (AvgIpc) is 2.68. The summed E-state index contributed by atoms with van der Waals surface area (Å²) in [5.74, 6) is 0.0717. The topological polar surface area (TPSA) is 62.7 Å². The largest absolute Gasteiger partial charge is 0.385 e. The monoisotopic (exact) mass is 368 g/mol. The van der Waals surface area contributed by atoms with E-state index in [9.17, 15) is 9.90 Å². The van der Waals surface area contributed by atoms with Crippen molar-refractivity contribution < 1.29 is 14.6 Å². The maximum Gasteiger partial charge on any atom is 0.254 e. The molecule has 2 aliphatic heterocycles. The van der Waals surface area contributed by atoms with Crippen LogP contribution in [0.1, 0.15) is 50.3 Å². The Morgan fingerprint density at radius 3 is 2.63 bits per heavy atom. The predicted octanol–water partition coefficient (Wildman–Crippen LogP) is 3.31. The summed E-state index contributed by atoms with van der Waals surface area (Å²) in [5.41, 5.74) is 1.24. The van der Waals surface area contributed by atoms with Crippen molar-refractivity contribution in [1.82, 2.24) is 9.88 Å². The number of pyridine rings is 1. The molecule has 1 atom stereocenters. The first kappa shape index (κ1) is 18.4. The first-order valence-electron chi connectivity index (χ1n) is 9.93. The molecule has 3 heterocycles. The van der Waals surface area contributed by atoms with Gasteiger partial charge in [0.25, 0.3) is 5.91 Å². The maximum absolute atomic E-state index is 12.9. The molecule has 1 aromatic carbocycles. The van der Waals surface area contributed by atoms with E-state index in [0.29, 0.717) is 32.5 Å². The maximum atomic E-state index is 12.9. The lowest BCUT2D eigenvalue weighted by molar-refractivity contribution is -0.165. The van der Waals surface area contributed by atoms with E-state index in [4.69, 9.17) is 4.74 Å². The minimum atomic E-state index is -0.899. The molecule has 0 bridgehead atoms. The van der Waals surface area contributed by atoms with Crippen LogP contribution in [0.25, 0.3) is 10.9 Å². The lowest BCUT2D eigenvalue weighted by atomic mass is 9.83. The fourth-order valence-corrected chi connectivity index (χ4v) is 4.32. The second-order valence-corrected chi connectivity index (χ2v) is 8.22. The van der Waals surface area contributed by atoms with Gasteiger partial charge in [0, 0.05) is 30.8 Å². The fourth-order valence-electron chi connectivity index (χ4n) is 4.32. The van der Waals surface area contributed by atoms with Gasteiger partial charge in [0.2, 0.25) is 0 Å². The number of hydrogen-bond donors (Lipinski definition) is 1. The van der Waals surface area contributed by atoms with Gasteiger partial charge in [0.1, 0.15) is 5.60 Å². The molecule has 0 radical (unpaired) electrons. The summed E-state index contributed by atoms with van der Waals surface area (Å²) in [7, 11) is 0. The molecule has 1 aromatic heterocycles. The molecule has 2 fully saturated rings. The zero-order valence-corrected chi connectivity index (χ0v) is 16.2. The van der Waals surface area contributed by atoms with E-state index in [0.717, 1.165) is 41.4 Å². The Labute approximate surface area is 160 Å². The lowest BCUT2D eigenvalue weighted by Crippen LogP contribution is -2.54. The van der Waals surface area contributed by atoms with Gasteiger partial charge in [-0.05, 0) is 69.7 Å². The number of aliphatic hydroxyl groups is 1. The van der Waals surface area contributed by atoms with Crippen molar-refractivity contribution >= 4 is 16.8 Å². The number of rotatable bonds is 2. The third-order valence-electron chi connectivity index (χ3n) is 6.16. The van der Waals surface area contributed by atoms with Crippen LogP contribution in [0.2, 0.25) is 0 Å². The van der Waals surface area contributed by atoms with Gasteiger partial charge in [0.05, 0.1) is 11.1 Å². The van der Waals surface area contributed by atoms with E-state index >= 15 is 0 Å². The van der Waals surface area contributed by atoms with Crippen LogP contribution in [-0.4, -0.2) is 46.2 Å². The molecule has 2 saturated heterocycles. The molecule has 1 amide bonds. The molecular weight excluding hydrogens is 340 g/mol. The van der Waals surface area contributed by atoms with Crippen molar-refractivity contribution in [3.05, 3.63) is 41.6 Å². The summed E-state index contributed by atoms with van der Waals surface area (Å²) in [6.07, 6.45) is 3.92. The number of carbonyl (C=O) groups is 1. The van der Waals surface area contributed by atoms with Crippen LogP contribution in [-0.2, 0) is 15.1 Å². The quantitative estimate of drug-likeness (QED) is 0.883. The summed E-state index contributed by atoms with van der Waals surface area (Å²) in [6.45, 7) is 5.65. The van der Waals surface area contributed by atoms with Gasteiger partial charge in [-0.1, -0.05) is 12.1 Å². The first-order valence-corrected chi connectivity index (χ1v) is 9.93. The summed E-state index contributed by atoms with van der Waals surface area (Å²) >= 11 is 0. The Morgan fingerprint density at radius 1 is 1.15 bits per heavy atom. The number of hydrogen-bond acceptors (Lipinski definition) is 4. The van der Waals surface area contributed by atoms with Crippen LogP contribution >= 0.6 is 0 Å². The third kappa shape index (κ3) is 3.46. The number of fused-ring (bicyclic) bond motifs is 1. The highest BCUT2D eigenvalue weighted by molar-refractivity contribution is 5.85. The fraction of sp³-hybridized carbons (Fsp3) is 0.545. The molecule has 144 valence electrons. The second kappa shape index (κ2) is 6.88. The SMILES string of the molecule is Cc1ccc2cc(C3(O)CCN(C(=O)[C@]4(C)CCCCO4)CC3)ccc2n1. The van der Waals surface area contributed by atoms with Gasteiger partial charge in [-0.3, -0.25) is 9.78 Å². The highest BCUT2D eigenvalue weighted by Crippen LogP contribution is 2.36. The Morgan fingerprint density at radius 2 is 1.93 bits per heavy atom. The van der Waals surface area contributed by atoms with Crippen molar-refractivity contribution in [2.75, 3.05) is 19.7 Å². The van der Waals surface area contributed by atoms with E-state index in [1.807, 2.05) is 49.1 Å². The van der Waals surface area contributed by atoms with Gasteiger partial charge < -0.3 is 14.7 Å². The van der Waals surface area contributed by atoms with Crippen molar-refractivity contribution in [2.45, 2.75) is 57.2 Å². The Balaban J connectivity index is 1.49. The summed E-state index contributed by atoms with van der Waals surface area (Å²) < 4.78 is 5.81. The van der Waals surface area contributed by atoms with Crippen LogP contribution in [0, 0.1) is 6.92 Å². The minimum Gasteiger partial charge on any atom is -0.385 e. The van der Waals surface area contributed by atoms with Gasteiger partial charge in [-0.25, -0.2) is 0 Å². The molecule has 0 aliphatic carbocycles. The summed E-state index contributed by atoms with van der Waals surface area (Å²) in [6, 6.07) is 10.0. The number of benzene rings is 1. The number of piperidine rings is 1. The van der Waals surface area contributed by atoms with Crippen molar-refractivity contribution in [1.29, 1.82) is 0 Å². The molecule has 0 saturated carbocycles. The second-order valence-electron chi connectivity index (χ2n) is 8.22. The van der Waals surface area contributed by atoms with E-state index < -0.39 is 11.2 Å². The normalized spacial score (nSPS) is 25.5. The molecule has 5 nitrogen and oxygen atoms in total. The number of likely N-dealkylation sites (tertiary alicyclic amines) is 1. The van der Waals surface area contributed by atoms with Crippen molar-refractivity contribution in [2.24, 2.45) is 0 Å². The van der Waals surface area contributed by atoms with Gasteiger partial charge >= 0.3 is 0 Å². The number of amides is 1.